The van der Waals surface area contributed by atoms with Crippen LogP contribution in [0.2, 0.25) is 0 Å². The summed E-state index contributed by atoms with van der Waals surface area (Å²) < 4.78 is 6.91. The number of nitrogens with two attached hydrogens (primary N) is 1. The Morgan fingerprint density at radius 3 is 2.40 bits per heavy atom. The van der Waals surface area contributed by atoms with E-state index in [9.17, 15) is 14.4 Å². The minimum Gasteiger partial charge on any atom is -0.449 e. The van der Waals surface area contributed by atoms with Gasteiger partial charge in [0.1, 0.15) is 11.5 Å². The van der Waals surface area contributed by atoms with E-state index in [1.807, 2.05) is 41.8 Å². The summed E-state index contributed by atoms with van der Waals surface area (Å²) in [6.45, 7) is 4.47. The second kappa shape index (κ2) is 12.6. The summed E-state index contributed by atoms with van der Waals surface area (Å²) in [7, 11) is 0. The predicted molar refractivity (Wildman–Crippen MR) is 163 cm³/mol. The van der Waals surface area contributed by atoms with E-state index >= 15 is 0 Å². The lowest BCUT2D eigenvalue weighted by molar-refractivity contribution is 0.0996. The van der Waals surface area contributed by atoms with Gasteiger partial charge in [0.05, 0.1) is 6.61 Å². The van der Waals surface area contributed by atoms with Gasteiger partial charge in [-0.15, -0.1) is 0 Å². The lowest BCUT2D eigenvalue weighted by atomic mass is 10.1. The van der Waals surface area contributed by atoms with Crippen molar-refractivity contribution < 1.29 is 19.1 Å². The lowest BCUT2D eigenvalue weighted by Crippen LogP contribution is -2.31. The quantitative estimate of drug-likeness (QED) is 0.165. The molecule has 5 N–H and O–H groups in total. The molecule has 10 heteroatoms. The van der Waals surface area contributed by atoms with Crippen LogP contribution in [0.1, 0.15) is 58.2 Å². The number of fused-ring (bicyclic) bond motifs is 1. The average molecular weight is 567 g/mol. The van der Waals surface area contributed by atoms with Crippen molar-refractivity contribution in [3.8, 4) is 0 Å². The zero-order valence-corrected chi connectivity index (χ0v) is 23.5. The van der Waals surface area contributed by atoms with Gasteiger partial charge in [-0.25, -0.2) is 4.79 Å². The molecule has 0 aliphatic carbocycles. The average Bonchev–Trinajstić information content (AvgIpc) is 3.65. The standard InChI is InChI=1S/C32H34N6O4/c1-2-16-42-32(41)36-29(33)24-13-12-23-17-28(31(40)35-25-6-5-7-26(19-25)37-14-3-4-15-37)38(27(23)18-24)20-21-8-10-22(11-9-21)30(34)39/h5-13,17-19H,2-4,14-16,20H2,1H3,(H2,34,39)(H,35,40)(H2,33,36,41). The third kappa shape index (κ3) is 6.43. The van der Waals surface area contributed by atoms with Gasteiger partial charge in [0, 0.05) is 53.0 Å². The zero-order valence-electron chi connectivity index (χ0n) is 23.5. The number of anilines is 2. The van der Waals surface area contributed by atoms with Gasteiger partial charge in [0.2, 0.25) is 5.91 Å². The molecule has 10 nitrogen and oxygen atoms in total. The van der Waals surface area contributed by atoms with Crippen molar-refractivity contribution in [2.75, 3.05) is 29.9 Å². The van der Waals surface area contributed by atoms with Gasteiger partial charge in [-0.2, -0.15) is 0 Å². The molecule has 0 saturated carbocycles. The van der Waals surface area contributed by atoms with Crippen LogP contribution in [0.5, 0.6) is 0 Å². The highest BCUT2D eigenvalue weighted by Gasteiger charge is 2.19. The van der Waals surface area contributed by atoms with Gasteiger partial charge in [-0.05, 0) is 67.3 Å². The van der Waals surface area contributed by atoms with Crippen LogP contribution in [0, 0.1) is 5.41 Å². The molecule has 1 saturated heterocycles. The summed E-state index contributed by atoms with van der Waals surface area (Å²) >= 11 is 0. The molecule has 1 aromatic heterocycles. The number of carbonyl (C=O) groups is 3. The fourth-order valence-electron chi connectivity index (χ4n) is 5.08. The van der Waals surface area contributed by atoms with Crippen molar-refractivity contribution in [2.24, 2.45) is 5.73 Å². The molecule has 1 aliphatic heterocycles. The predicted octanol–water partition coefficient (Wildman–Crippen LogP) is 5.10. The van der Waals surface area contributed by atoms with Gasteiger partial charge < -0.3 is 25.3 Å². The van der Waals surface area contributed by atoms with Crippen LogP contribution >= 0.6 is 0 Å². The highest BCUT2D eigenvalue weighted by molar-refractivity contribution is 6.09. The van der Waals surface area contributed by atoms with E-state index in [4.69, 9.17) is 15.9 Å². The summed E-state index contributed by atoms with van der Waals surface area (Å²) in [5.41, 5.74) is 10.0. The number of benzene rings is 3. The monoisotopic (exact) mass is 566 g/mol. The molecule has 0 unspecified atom stereocenters. The van der Waals surface area contributed by atoms with E-state index in [0.29, 0.717) is 41.0 Å². The van der Waals surface area contributed by atoms with Crippen molar-refractivity contribution >= 4 is 46.0 Å². The molecule has 0 spiro atoms. The molecule has 5 rings (SSSR count). The minimum absolute atomic E-state index is 0.110. The second-order valence-corrected chi connectivity index (χ2v) is 10.3. The van der Waals surface area contributed by atoms with Crippen molar-refractivity contribution in [1.29, 1.82) is 5.41 Å². The van der Waals surface area contributed by atoms with E-state index < -0.39 is 12.0 Å². The van der Waals surface area contributed by atoms with Gasteiger partial charge in [-0.1, -0.05) is 37.3 Å². The topological polar surface area (TPSA) is 143 Å². The largest absolute Gasteiger partial charge is 0.449 e. The Morgan fingerprint density at radius 1 is 0.952 bits per heavy atom. The Bertz CT molecular complexity index is 1640. The number of nitrogens with zero attached hydrogens (tertiary/aromatic N) is 2. The highest BCUT2D eigenvalue weighted by atomic mass is 16.5. The number of rotatable bonds is 9. The number of primary amides is 1. The first-order valence-corrected chi connectivity index (χ1v) is 14.0. The van der Waals surface area contributed by atoms with Crippen molar-refractivity contribution in [3.63, 3.8) is 0 Å². The van der Waals surface area contributed by atoms with Gasteiger partial charge in [0.25, 0.3) is 5.91 Å². The Hall–Kier alpha value is -5.12. The molecule has 0 atom stereocenters. The van der Waals surface area contributed by atoms with Crippen LogP contribution in [0.25, 0.3) is 10.9 Å². The number of amidine groups is 1. The molecule has 0 radical (unpaired) electrons. The van der Waals surface area contributed by atoms with Crippen LogP contribution in [-0.2, 0) is 11.3 Å². The summed E-state index contributed by atoms with van der Waals surface area (Å²) in [5, 5.41) is 14.7. The molecule has 216 valence electrons. The summed E-state index contributed by atoms with van der Waals surface area (Å²) in [6, 6.07) is 21.9. The van der Waals surface area contributed by atoms with Crippen molar-refractivity contribution in [3.05, 3.63) is 95.2 Å². The molecule has 0 bridgehead atoms. The van der Waals surface area contributed by atoms with Crippen LogP contribution in [-0.4, -0.2) is 48.0 Å². The van der Waals surface area contributed by atoms with Gasteiger partial charge >= 0.3 is 6.09 Å². The molecular formula is C32H34N6O4. The van der Waals surface area contributed by atoms with E-state index in [1.165, 1.54) is 0 Å². The third-order valence-corrected chi connectivity index (χ3v) is 7.24. The molecule has 2 heterocycles. The smallest absolute Gasteiger partial charge is 0.412 e. The van der Waals surface area contributed by atoms with Crippen LogP contribution in [0.15, 0.2) is 72.8 Å². The molecule has 3 amide bonds. The van der Waals surface area contributed by atoms with Crippen LogP contribution < -0.4 is 21.3 Å². The SMILES string of the molecule is CCCOC(=O)NC(=N)c1ccc2cc(C(=O)Nc3cccc(N4CCCC4)c3)n(Cc3ccc(C(N)=O)cc3)c2c1. The zero-order chi connectivity index (χ0) is 29.6. The summed E-state index contributed by atoms with van der Waals surface area (Å²) in [5.74, 6) is -0.907. The van der Waals surface area contributed by atoms with Crippen molar-refractivity contribution in [1.82, 2.24) is 9.88 Å². The number of alkyl carbamates (subject to hydrolysis) is 1. The number of carbonyl (C=O) groups excluding carboxylic acids is 3. The summed E-state index contributed by atoms with van der Waals surface area (Å²) in [6.07, 6.45) is 2.30. The lowest BCUT2D eigenvalue weighted by Gasteiger charge is -2.18. The maximum atomic E-state index is 13.7. The molecule has 1 aliphatic rings. The van der Waals surface area contributed by atoms with E-state index in [2.05, 4.69) is 21.6 Å². The fourth-order valence-corrected chi connectivity index (χ4v) is 5.08. The number of aromatic nitrogens is 1. The normalized spacial score (nSPS) is 12.7. The Kier molecular flexibility index (Phi) is 8.52. The Labute approximate surface area is 244 Å². The minimum atomic E-state index is -0.692. The second-order valence-electron chi connectivity index (χ2n) is 10.3. The number of nitrogens with one attached hydrogen (secondary N) is 3. The van der Waals surface area contributed by atoms with E-state index in [-0.39, 0.29) is 18.3 Å². The summed E-state index contributed by atoms with van der Waals surface area (Å²) in [4.78, 5) is 39.6. The first-order valence-electron chi connectivity index (χ1n) is 14.0. The van der Waals surface area contributed by atoms with E-state index in [0.717, 1.165) is 42.6 Å². The van der Waals surface area contributed by atoms with Crippen molar-refractivity contribution in [2.45, 2.75) is 32.7 Å². The number of hydrogen-bond acceptors (Lipinski definition) is 6. The molecular weight excluding hydrogens is 532 g/mol. The molecule has 1 fully saturated rings. The van der Waals surface area contributed by atoms with Crippen LogP contribution in [0.3, 0.4) is 0 Å². The molecule has 42 heavy (non-hydrogen) atoms. The Balaban J connectivity index is 1.48. The van der Waals surface area contributed by atoms with Crippen LogP contribution in [0.4, 0.5) is 16.2 Å². The highest BCUT2D eigenvalue weighted by Crippen LogP contribution is 2.26. The maximum Gasteiger partial charge on any atom is 0.412 e. The molecule has 3 aromatic carbocycles. The van der Waals surface area contributed by atoms with E-state index in [1.54, 1.807) is 36.4 Å². The van der Waals surface area contributed by atoms with Gasteiger partial charge in [-0.3, -0.25) is 20.3 Å². The first-order chi connectivity index (χ1) is 20.3. The number of hydrogen-bond donors (Lipinski definition) is 4. The Morgan fingerprint density at radius 2 is 1.69 bits per heavy atom. The number of ether oxygens (including phenoxy) is 1. The third-order valence-electron chi connectivity index (χ3n) is 7.24. The number of amides is 3. The van der Waals surface area contributed by atoms with Gasteiger partial charge in [0.15, 0.2) is 0 Å². The molecule has 4 aromatic rings. The first kappa shape index (κ1) is 28.4. The maximum absolute atomic E-state index is 13.7. The fraction of sp³-hybridized carbons (Fsp3) is 0.250.